The van der Waals surface area contributed by atoms with Gasteiger partial charge in [-0.3, -0.25) is 4.79 Å². The van der Waals surface area contributed by atoms with E-state index in [-0.39, 0.29) is 17.7 Å². The van der Waals surface area contributed by atoms with E-state index in [2.05, 4.69) is 5.32 Å². The molecule has 1 saturated heterocycles. The SMILES string of the molecule is CC(=O)NC1[C@H](N)OC(COC(=O)c2ccccc2)[C@H](OC(=O)c2ccccc2)[C@@H]1OC(=O)c1ccccc1. The Hall–Kier alpha value is -4.54. The van der Waals surface area contributed by atoms with E-state index in [1.807, 2.05) is 0 Å². The summed E-state index contributed by atoms with van der Waals surface area (Å²) in [5, 5.41) is 2.63. The average Bonchev–Trinajstić information content (AvgIpc) is 2.96. The Labute approximate surface area is 225 Å². The van der Waals surface area contributed by atoms with Crippen LogP contribution in [0.15, 0.2) is 91.0 Å². The van der Waals surface area contributed by atoms with Crippen molar-refractivity contribution in [3.63, 3.8) is 0 Å². The summed E-state index contributed by atoms with van der Waals surface area (Å²) in [7, 11) is 0. The first-order valence-corrected chi connectivity index (χ1v) is 12.3. The van der Waals surface area contributed by atoms with Gasteiger partial charge in [-0.1, -0.05) is 54.6 Å². The van der Waals surface area contributed by atoms with E-state index in [9.17, 15) is 19.2 Å². The van der Waals surface area contributed by atoms with E-state index in [4.69, 9.17) is 24.7 Å². The first-order chi connectivity index (χ1) is 18.8. The molecule has 3 N–H and O–H groups in total. The van der Waals surface area contributed by atoms with Crippen LogP contribution in [0.2, 0.25) is 0 Å². The highest BCUT2D eigenvalue weighted by molar-refractivity contribution is 5.91. The number of amides is 1. The molecule has 5 atom stereocenters. The molecular formula is C29H28N2O8. The van der Waals surface area contributed by atoms with Crippen LogP contribution in [0.5, 0.6) is 0 Å². The molecule has 2 unspecified atom stereocenters. The van der Waals surface area contributed by atoms with Crippen LogP contribution in [-0.2, 0) is 23.7 Å². The Morgan fingerprint density at radius 1 is 0.718 bits per heavy atom. The monoisotopic (exact) mass is 532 g/mol. The molecule has 1 aliphatic rings. The second kappa shape index (κ2) is 12.8. The van der Waals surface area contributed by atoms with Crippen LogP contribution in [0, 0.1) is 0 Å². The molecule has 3 aromatic carbocycles. The standard InChI is InChI=1S/C29H28N2O8/c1-18(32)31-23-25(39-29(35)21-15-9-4-10-16-21)24(38-28(34)20-13-7-3-8-14-20)22(37-26(23)30)17-36-27(33)19-11-5-2-6-12-19/h2-16,22-26H,17,30H2,1H3,(H,31,32)/t22?,23?,24-,25+,26+/m0/s1. The molecule has 10 nitrogen and oxygen atoms in total. The van der Waals surface area contributed by atoms with Crippen molar-refractivity contribution in [3.05, 3.63) is 108 Å². The molecule has 39 heavy (non-hydrogen) atoms. The zero-order valence-electron chi connectivity index (χ0n) is 21.1. The van der Waals surface area contributed by atoms with Gasteiger partial charge < -0.3 is 30.0 Å². The van der Waals surface area contributed by atoms with Gasteiger partial charge >= 0.3 is 17.9 Å². The number of benzene rings is 3. The number of carbonyl (C=O) groups excluding carboxylic acids is 4. The summed E-state index contributed by atoms with van der Waals surface area (Å²) in [4.78, 5) is 50.8. The molecular weight excluding hydrogens is 504 g/mol. The molecule has 1 amide bonds. The number of nitrogens with one attached hydrogen (secondary N) is 1. The van der Waals surface area contributed by atoms with Crippen molar-refractivity contribution in [2.24, 2.45) is 5.73 Å². The summed E-state index contributed by atoms with van der Waals surface area (Å²) in [6.07, 6.45) is -4.89. The highest BCUT2D eigenvalue weighted by atomic mass is 16.6. The molecule has 0 radical (unpaired) electrons. The molecule has 3 aromatic rings. The summed E-state index contributed by atoms with van der Waals surface area (Å²) in [6, 6.07) is 23.6. The van der Waals surface area contributed by atoms with E-state index in [0.29, 0.717) is 5.56 Å². The third-order valence-corrected chi connectivity index (χ3v) is 5.99. The molecule has 202 valence electrons. The van der Waals surface area contributed by atoms with Crippen LogP contribution in [-0.4, -0.2) is 61.0 Å². The lowest BCUT2D eigenvalue weighted by atomic mass is 9.95. The highest BCUT2D eigenvalue weighted by Gasteiger charge is 2.50. The Bertz CT molecular complexity index is 1290. The minimum absolute atomic E-state index is 0.233. The number of hydrogen-bond donors (Lipinski definition) is 2. The number of hydrogen-bond acceptors (Lipinski definition) is 9. The average molecular weight is 533 g/mol. The molecule has 1 heterocycles. The maximum atomic E-state index is 13.1. The van der Waals surface area contributed by atoms with Crippen LogP contribution in [0.25, 0.3) is 0 Å². The third-order valence-electron chi connectivity index (χ3n) is 5.99. The number of rotatable bonds is 8. The van der Waals surface area contributed by atoms with Crippen molar-refractivity contribution in [3.8, 4) is 0 Å². The van der Waals surface area contributed by atoms with E-state index >= 15 is 0 Å². The Kier molecular flexibility index (Phi) is 9.03. The van der Waals surface area contributed by atoms with Crippen LogP contribution in [0.1, 0.15) is 38.0 Å². The normalized spacial score (nSPS) is 22.3. The summed E-state index contributed by atoms with van der Waals surface area (Å²) in [5.74, 6) is -2.57. The smallest absolute Gasteiger partial charge is 0.338 e. The quantitative estimate of drug-likeness (QED) is 0.330. The zero-order chi connectivity index (χ0) is 27.8. The highest BCUT2D eigenvalue weighted by Crippen LogP contribution is 2.27. The van der Waals surface area contributed by atoms with E-state index in [0.717, 1.165) is 0 Å². The zero-order valence-corrected chi connectivity index (χ0v) is 21.1. The number of ether oxygens (including phenoxy) is 4. The lowest BCUT2D eigenvalue weighted by Crippen LogP contribution is -2.68. The molecule has 0 bridgehead atoms. The van der Waals surface area contributed by atoms with Crippen molar-refractivity contribution in [2.45, 2.75) is 37.5 Å². The molecule has 1 aliphatic heterocycles. The van der Waals surface area contributed by atoms with Crippen molar-refractivity contribution < 1.29 is 38.1 Å². The van der Waals surface area contributed by atoms with Gasteiger partial charge in [-0.2, -0.15) is 0 Å². The summed E-state index contributed by atoms with van der Waals surface area (Å²) < 4.78 is 22.9. The summed E-state index contributed by atoms with van der Waals surface area (Å²) in [6.45, 7) is 0.891. The first-order valence-electron chi connectivity index (χ1n) is 12.3. The second-order valence-electron chi connectivity index (χ2n) is 8.80. The maximum absolute atomic E-state index is 13.1. The fourth-order valence-corrected chi connectivity index (χ4v) is 4.13. The Balaban J connectivity index is 1.64. The minimum Gasteiger partial charge on any atom is -0.459 e. The molecule has 0 spiro atoms. The van der Waals surface area contributed by atoms with E-state index in [1.165, 1.54) is 6.92 Å². The molecule has 0 saturated carbocycles. The predicted octanol–water partition coefficient (Wildman–Crippen LogP) is 2.48. The second-order valence-corrected chi connectivity index (χ2v) is 8.80. The Morgan fingerprint density at radius 3 is 1.62 bits per heavy atom. The lowest BCUT2D eigenvalue weighted by molar-refractivity contribution is -0.195. The first kappa shape index (κ1) is 27.5. The largest absolute Gasteiger partial charge is 0.459 e. The molecule has 10 heteroatoms. The van der Waals surface area contributed by atoms with Crippen molar-refractivity contribution in [2.75, 3.05) is 6.61 Å². The fraction of sp³-hybridized carbons (Fsp3) is 0.241. The fourth-order valence-electron chi connectivity index (χ4n) is 4.13. The summed E-state index contributed by atoms with van der Waals surface area (Å²) >= 11 is 0. The topological polar surface area (TPSA) is 143 Å². The molecule has 4 rings (SSSR count). The van der Waals surface area contributed by atoms with Gasteiger partial charge in [-0.25, -0.2) is 14.4 Å². The van der Waals surface area contributed by atoms with Crippen molar-refractivity contribution in [1.82, 2.24) is 5.32 Å². The van der Waals surface area contributed by atoms with E-state index < -0.39 is 54.4 Å². The summed E-state index contributed by atoms with van der Waals surface area (Å²) in [5.41, 5.74) is 7.01. The van der Waals surface area contributed by atoms with Crippen molar-refractivity contribution in [1.29, 1.82) is 0 Å². The van der Waals surface area contributed by atoms with Crippen LogP contribution < -0.4 is 11.1 Å². The molecule has 1 fully saturated rings. The van der Waals surface area contributed by atoms with Gasteiger partial charge in [0.1, 0.15) is 25.0 Å². The molecule has 0 aromatic heterocycles. The van der Waals surface area contributed by atoms with Crippen LogP contribution >= 0.6 is 0 Å². The number of esters is 3. The predicted molar refractivity (Wildman–Crippen MR) is 138 cm³/mol. The van der Waals surface area contributed by atoms with Gasteiger partial charge in [-0.05, 0) is 36.4 Å². The van der Waals surface area contributed by atoms with Gasteiger partial charge in [0, 0.05) is 6.92 Å². The van der Waals surface area contributed by atoms with E-state index in [1.54, 1.807) is 91.0 Å². The van der Waals surface area contributed by atoms with Gasteiger partial charge in [0.2, 0.25) is 5.91 Å². The van der Waals surface area contributed by atoms with Gasteiger partial charge in [0.25, 0.3) is 0 Å². The number of carbonyl (C=O) groups is 4. The van der Waals surface area contributed by atoms with Crippen LogP contribution in [0.4, 0.5) is 0 Å². The lowest BCUT2D eigenvalue weighted by Gasteiger charge is -2.44. The van der Waals surface area contributed by atoms with Crippen molar-refractivity contribution >= 4 is 23.8 Å². The third kappa shape index (κ3) is 7.07. The van der Waals surface area contributed by atoms with Crippen LogP contribution in [0.3, 0.4) is 0 Å². The molecule has 0 aliphatic carbocycles. The Morgan fingerprint density at radius 2 is 1.15 bits per heavy atom. The van der Waals surface area contributed by atoms with Gasteiger partial charge in [0.15, 0.2) is 12.2 Å². The minimum atomic E-state index is -1.30. The van der Waals surface area contributed by atoms with Gasteiger partial charge in [-0.15, -0.1) is 0 Å². The maximum Gasteiger partial charge on any atom is 0.338 e. The number of nitrogens with two attached hydrogens (primary N) is 1. The van der Waals surface area contributed by atoms with Gasteiger partial charge in [0.05, 0.1) is 16.7 Å².